The van der Waals surface area contributed by atoms with Crippen LogP contribution < -0.4 is 10.1 Å². The molecule has 1 aliphatic rings. The van der Waals surface area contributed by atoms with E-state index in [-0.39, 0.29) is 24.2 Å². The molecule has 0 saturated carbocycles. The highest BCUT2D eigenvalue weighted by molar-refractivity contribution is 5.92. The summed E-state index contributed by atoms with van der Waals surface area (Å²) in [6, 6.07) is 9.37. The summed E-state index contributed by atoms with van der Waals surface area (Å²) in [5, 5.41) is 10.4. The minimum Gasteiger partial charge on any atom is -0.490 e. The Morgan fingerprint density at radius 2 is 2.12 bits per heavy atom. The summed E-state index contributed by atoms with van der Waals surface area (Å²) in [6.45, 7) is 4.02. The van der Waals surface area contributed by atoms with Crippen molar-refractivity contribution in [2.75, 3.05) is 0 Å². The second-order valence-corrected chi connectivity index (χ2v) is 6.14. The molecule has 25 heavy (non-hydrogen) atoms. The van der Waals surface area contributed by atoms with Crippen LogP contribution in [0, 0.1) is 6.92 Å². The maximum absolute atomic E-state index is 12.0. The van der Waals surface area contributed by atoms with Gasteiger partial charge in [-0.3, -0.25) is 4.79 Å². The molecule has 0 saturated heterocycles. The molecule has 128 valence electrons. The predicted octanol–water partition coefficient (Wildman–Crippen LogP) is 2.89. The minimum absolute atomic E-state index is 0.200. The number of aryl methyl sites for hydroxylation is 1. The van der Waals surface area contributed by atoms with Crippen molar-refractivity contribution in [1.82, 2.24) is 15.6 Å². The average molecular weight is 339 g/mol. The molecule has 0 radical (unpaired) electrons. The number of carbonyl (C=O) groups excluding carboxylic acids is 1. The molecule has 3 heterocycles. The zero-order chi connectivity index (χ0) is 17.4. The summed E-state index contributed by atoms with van der Waals surface area (Å²) >= 11 is 0. The second kappa shape index (κ2) is 6.08. The fourth-order valence-electron chi connectivity index (χ4n) is 2.82. The molecule has 1 unspecified atom stereocenters. The van der Waals surface area contributed by atoms with Gasteiger partial charge in [0.05, 0.1) is 6.54 Å². The Morgan fingerprint density at radius 1 is 1.24 bits per heavy atom. The molecular formula is C18H17N3O4. The molecule has 1 aromatic carbocycles. The number of fused-ring (bicyclic) bond motifs is 1. The number of nitrogens with one attached hydrogen (secondary N) is 1. The number of aromatic nitrogens is 2. The Balaban J connectivity index is 1.44. The third-order valence-electron chi connectivity index (χ3n) is 4.04. The van der Waals surface area contributed by atoms with Crippen LogP contribution in [-0.4, -0.2) is 22.3 Å². The second-order valence-electron chi connectivity index (χ2n) is 6.14. The lowest BCUT2D eigenvalue weighted by molar-refractivity contribution is 0.0941. The first kappa shape index (κ1) is 15.4. The van der Waals surface area contributed by atoms with Gasteiger partial charge >= 0.3 is 0 Å². The van der Waals surface area contributed by atoms with Crippen molar-refractivity contribution >= 4 is 5.91 Å². The van der Waals surface area contributed by atoms with E-state index in [0.717, 1.165) is 17.7 Å². The van der Waals surface area contributed by atoms with Gasteiger partial charge in [0, 0.05) is 24.1 Å². The van der Waals surface area contributed by atoms with Gasteiger partial charge in [0.1, 0.15) is 23.3 Å². The quantitative estimate of drug-likeness (QED) is 0.786. The standard InChI is InChI=1S/C18H17N3O4/c1-10-5-12-3-4-13(7-16(12)23-10)17-8-14(20-25-17)9-19-18(22)15-6-11(2)24-21-15/h3-4,6-8,10H,5,9H2,1-2H3,(H,19,22). The largest absolute Gasteiger partial charge is 0.490 e. The number of hydrogen-bond acceptors (Lipinski definition) is 6. The summed E-state index contributed by atoms with van der Waals surface area (Å²) < 4.78 is 16.0. The molecule has 7 heteroatoms. The normalized spacial score (nSPS) is 15.7. The van der Waals surface area contributed by atoms with Crippen LogP contribution in [0.3, 0.4) is 0 Å². The Hall–Kier alpha value is -3.09. The van der Waals surface area contributed by atoms with Gasteiger partial charge in [0.25, 0.3) is 5.91 Å². The lowest BCUT2D eigenvalue weighted by Gasteiger charge is -2.03. The smallest absolute Gasteiger partial charge is 0.273 e. The van der Waals surface area contributed by atoms with Crippen LogP contribution in [0.15, 0.2) is 39.4 Å². The van der Waals surface area contributed by atoms with Gasteiger partial charge < -0.3 is 19.1 Å². The molecule has 1 N–H and O–H groups in total. The number of amides is 1. The van der Waals surface area contributed by atoms with E-state index in [1.165, 1.54) is 5.56 Å². The fourth-order valence-corrected chi connectivity index (χ4v) is 2.82. The molecule has 0 fully saturated rings. The summed E-state index contributed by atoms with van der Waals surface area (Å²) in [6.07, 6.45) is 1.12. The first-order chi connectivity index (χ1) is 12.1. The Labute approximate surface area is 143 Å². The molecule has 1 atom stereocenters. The van der Waals surface area contributed by atoms with Crippen molar-refractivity contribution in [3.8, 4) is 17.1 Å². The highest BCUT2D eigenvalue weighted by Crippen LogP contribution is 2.33. The monoisotopic (exact) mass is 339 g/mol. The third kappa shape index (κ3) is 3.13. The van der Waals surface area contributed by atoms with Crippen LogP contribution in [0.2, 0.25) is 0 Å². The van der Waals surface area contributed by atoms with Gasteiger partial charge in [-0.05, 0) is 25.5 Å². The molecular weight excluding hydrogens is 322 g/mol. The van der Waals surface area contributed by atoms with Crippen molar-refractivity contribution in [1.29, 1.82) is 0 Å². The fraction of sp³-hybridized carbons (Fsp3) is 0.278. The maximum atomic E-state index is 12.0. The average Bonchev–Trinajstić information content (AvgIpc) is 3.30. The Bertz CT molecular complexity index is 928. The molecule has 3 aromatic rings. The third-order valence-corrected chi connectivity index (χ3v) is 4.04. The van der Waals surface area contributed by atoms with Crippen LogP contribution in [0.4, 0.5) is 0 Å². The van der Waals surface area contributed by atoms with Crippen molar-refractivity contribution in [3.63, 3.8) is 0 Å². The molecule has 0 bridgehead atoms. The van der Waals surface area contributed by atoms with Gasteiger partial charge in [-0.2, -0.15) is 0 Å². The van der Waals surface area contributed by atoms with E-state index in [9.17, 15) is 4.79 Å². The van der Waals surface area contributed by atoms with Crippen molar-refractivity contribution in [2.45, 2.75) is 32.9 Å². The van der Waals surface area contributed by atoms with Crippen molar-refractivity contribution in [3.05, 3.63) is 53.0 Å². The van der Waals surface area contributed by atoms with E-state index in [0.29, 0.717) is 17.2 Å². The predicted molar refractivity (Wildman–Crippen MR) is 88.1 cm³/mol. The number of nitrogens with zero attached hydrogens (tertiary/aromatic N) is 2. The van der Waals surface area contributed by atoms with E-state index < -0.39 is 0 Å². The number of rotatable bonds is 4. The summed E-state index contributed by atoms with van der Waals surface area (Å²) in [4.78, 5) is 12.0. The zero-order valence-corrected chi connectivity index (χ0v) is 13.9. The lowest BCUT2D eigenvalue weighted by atomic mass is 10.1. The van der Waals surface area contributed by atoms with Crippen LogP contribution in [0.5, 0.6) is 5.75 Å². The van der Waals surface area contributed by atoms with Crippen LogP contribution in [0.1, 0.15) is 34.4 Å². The maximum Gasteiger partial charge on any atom is 0.273 e. The Kier molecular flexibility index (Phi) is 3.76. The van der Waals surface area contributed by atoms with Gasteiger partial charge in [-0.15, -0.1) is 0 Å². The first-order valence-electron chi connectivity index (χ1n) is 8.05. The molecule has 2 aromatic heterocycles. The minimum atomic E-state index is -0.318. The number of hydrogen-bond donors (Lipinski definition) is 1. The van der Waals surface area contributed by atoms with Gasteiger partial charge in [-0.1, -0.05) is 22.4 Å². The molecule has 1 amide bonds. The topological polar surface area (TPSA) is 90.4 Å². The Morgan fingerprint density at radius 3 is 2.92 bits per heavy atom. The van der Waals surface area contributed by atoms with Gasteiger partial charge in [0.2, 0.25) is 0 Å². The van der Waals surface area contributed by atoms with Gasteiger partial charge in [-0.25, -0.2) is 0 Å². The van der Waals surface area contributed by atoms with Crippen LogP contribution in [-0.2, 0) is 13.0 Å². The van der Waals surface area contributed by atoms with Gasteiger partial charge in [0.15, 0.2) is 11.5 Å². The number of carbonyl (C=O) groups is 1. The molecule has 4 rings (SSSR count). The molecule has 0 spiro atoms. The lowest BCUT2D eigenvalue weighted by Crippen LogP contribution is -2.23. The van der Waals surface area contributed by atoms with E-state index in [4.69, 9.17) is 13.8 Å². The number of ether oxygens (including phenoxy) is 1. The molecule has 0 aliphatic carbocycles. The summed E-state index contributed by atoms with van der Waals surface area (Å²) in [7, 11) is 0. The SMILES string of the molecule is Cc1cc(C(=O)NCc2cc(-c3ccc4c(c3)OC(C)C4)on2)no1. The van der Waals surface area contributed by atoms with E-state index >= 15 is 0 Å². The highest BCUT2D eigenvalue weighted by Gasteiger charge is 2.20. The van der Waals surface area contributed by atoms with Crippen LogP contribution in [0.25, 0.3) is 11.3 Å². The van der Waals surface area contributed by atoms with Crippen molar-refractivity contribution < 1.29 is 18.6 Å². The zero-order valence-electron chi connectivity index (χ0n) is 13.9. The van der Waals surface area contributed by atoms with E-state index in [1.54, 1.807) is 19.1 Å². The van der Waals surface area contributed by atoms with E-state index in [1.807, 2.05) is 25.1 Å². The van der Waals surface area contributed by atoms with Crippen molar-refractivity contribution in [2.24, 2.45) is 0 Å². The highest BCUT2D eigenvalue weighted by atomic mass is 16.5. The first-order valence-corrected chi connectivity index (χ1v) is 8.05. The van der Waals surface area contributed by atoms with Crippen LogP contribution >= 0.6 is 0 Å². The molecule has 1 aliphatic heterocycles. The number of benzene rings is 1. The molecule has 7 nitrogen and oxygen atoms in total. The van der Waals surface area contributed by atoms with E-state index in [2.05, 4.69) is 15.6 Å². The summed E-state index contributed by atoms with van der Waals surface area (Å²) in [5.41, 5.74) is 2.96. The summed E-state index contributed by atoms with van der Waals surface area (Å²) in [5.74, 6) is 1.79.